The van der Waals surface area contributed by atoms with Crippen LogP contribution in [0.4, 0.5) is 0 Å². The van der Waals surface area contributed by atoms with Gasteiger partial charge in [0.05, 0.1) is 17.6 Å². The maximum absolute atomic E-state index is 13.7. The first kappa shape index (κ1) is 26.3. The van der Waals surface area contributed by atoms with Gasteiger partial charge in [-0.05, 0) is 68.7 Å². The Hall–Kier alpha value is -2.91. The number of carbonyl (C=O) groups excluding carboxylic acids is 1. The molecule has 9 heteroatoms. The molecule has 2 aromatic rings. The van der Waals surface area contributed by atoms with E-state index in [9.17, 15) is 18.0 Å². The van der Waals surface area contributed by atoms with Gasteiger partial charge in [0.15, 0.2) is 0 Å². The number of rotatable bonds is 9. The highest BCUT2D eigenvalue weighted by Crippen LogP contribution is 2.28. The summed E-state index contributed by atoms with van der Waals surface area (Å²) < 4.78 is 39.2. The number of sulfonamides is 1. The van der Waals surface area contributed by atoms with Crippen LogP contribution in [-0.4, -0.2) is 48.5 Å². The lowest BCUT2D eigenvalue weighted by Crippen LogP contribution is -2.49. The van der Waals surface area contributed by atoms with Crippen molar-refractivity contribution in [3.63, 3.8) is 0 Å². The van der Waals surface area contributed by atoms with Crippen LogP contribution in [-0.2, 0) is 26.1 Å². The summed E-state index contributed by atoms with van der Waals surface area (Å²) >= 11 is 0. The first-order chi connectivity index (χ1) is 15.3. The summed E-state index contributed by atoms with van der Waals surface area (Å²) in [5.74, 6) is -1.64. The molecule has 0 saturated carbocycles. The zero-order valence-corrected chi connectivity index (χ0v) is 20.5. The molecule has 2 aromatic carbocycles. The molecule has 8 nitrogen and oxygen atoms in total. The molecule has 0 aromatic heterocycles. The lowest BCUT2D eigenvalue weighted by molar-refractivity contribution is -0.161. The molecule has 0 fully saturated rings. The lowest BCUT2D eigenvalue weighted by Gasteiger charge is -2.34. The molecule has 0 aliphatic carbocycles. The number of nitrogens with zero attached hydrogens (tertiary/aromatic N) is 1. The van der Waals surface area contributed by atoms with Crippen LogP contribution in [0.15, 0.2) is 53.4 Å². The fraction of sp³-hybridized carbons (Fsp3) is 0.417. The number of ether oxygens (including phenoxy) is 2. The van der Waals surface area contributed by atoms with Crippen molar-refractivity contribution < 1.29 is 32.6 Å². The quantitative estimate of drug-likeness (QED) is 0.545. The summed E-state index contributed by atoms with van der Waals surface area (Å²) in [4.78, 5) is 24.3. The van der Waals surface area contributed by atoms with Gasteiger partial charge in [0.2, 0.25) is 10.0 Å². The molecule has 0 bridgehead atoms. The van der Waals surface area contributed by atoms with Gasteiger partial charge in [0, 0.05) is 6.54 Å². The van der Waals surface area contributed by atoms with E-state index in [1.54, 1.807) is 34.6 Å². The van der Waals surface area contributed by atoms with Crippen LogP contribution in [0.5, 0.6) is 5.75 Å². The SMILES string of the molecule is COc1ccc(S(=O)(=O)N(Cc2ccc(C(=O)O)cc2)C(C(=O)OC(C)(C)C)C(C)C)cc1. The Kier molecular flexibility index (Phi) is 8.26. The second-order valence-electron chi connectivity index (χ2n) is 8.95. The minimum Gasteiger partial charge on any atom is -0.497 e. The highest BCUT2D eigenvalue weighted by Gasteiger charge is 2.40. The number of carbonyl (C=O) groups is 2. The summed E-state index contributed by atoms with van der Waals surface area (Å²) in [6.07, 6.45) is 0. The van der Waals surface area contributed by atoms with E-state index in [2.05, 4.69) is 0 Å². The average Bonchev–Trinajstić information content (AvgIpc) is 2.72. The maximum atomic E-state index is 13.7. The topological polar surface area (TPSA) is 110 Å². The van der Waals surface area contributed by atoms with Crippen molar-refractivity contribution >= 4 is 22.0 Å². The molecule has 1 atom stereocenters. The second kappa shape index (κ2) is 10.4. The minimum absolute atomic E-state index is 0.000310. The van der Waals surface area contributed by atoms with E-state index in [1.807, 2.05) is 0 Å². The van der Waals surface area contributed by atoms with Crippen molar-refractivity contribution in [1.82, 2.24) is 4.31 Å². The molecule has 1 unspecified atom stereocenters. The molecule has 180 valence electrons. The van der Waals surface area contributed by atoms with Gasteiger partial charge in [0.25, 0.3) is 0 Å². The molecular formula is C24H31NO7S. The number of hydrogen-bond donors (Lipinski definition) is 1. The van der Waals surface area contributed by atoms with Crippen molar-refractivity contribution in [3.8, 4) is 5.75 Å². The predicted octanol–water partition coefficient (Wildman–Crippen LogP) is 3.95. The van der Waals surface area contributed by atoms with Crippen LogP contribution >= 0.6 is 0 Å². The van der Waals surface area contributed by atoms with Crippen LogP contribution in [0.1, 0.15) is 50.5 Å². The lowest BCUT2D eigenvalue weighted by atomic mass is 10.0. The van der Waals surface area contributed by atoms with Gasteiger partial charge >= 0.3 is 11.9 Å². The van der Waals surface area contributed by atoms with E-state index in [4.69, 9.17) is 14.6 Å². The molecule has 0 saturated heterocycles. The van der Waals surface area contributed by atoms with Crippen molar-refractivity contribution in [2.75, 3.05) is 7.11 Å². The predicted molar refractivity (Wildman–Crippen MR) is 124 cm³/mol. The number of carboxylic acids is 1. The summed E-state index contributed by atoms with van der Waals surface area (Å²) in [6, 6.07) is 10.7. The third-order valence-electron chi connectivity index (χ3n) is 4.80. The van der Waals surface area contributed by atoms with E-state index in [-0.39, 0.29) is 17.0 Å². The van der Waals surface area contributed by atoms with E-state index in [0.29, 0.717) is 11.3 Å². The normalized spacial score (nSPS) is 13.1. The summed E-state index contributed by atoms with van der Waals surface area (Å²) in [6.45, 7) is 8.51. The molecule has 0 amide bonds. The van der Waals surface area contributed by atoms with Crippen LogP contribution in [0, 0.1) is 5.92 Å². The maximum Gasteiger partial charge on any atom is 0.335 e. The molecule has 0 spiro atoms. The molecule has 0 aliphatic rings. The number of aromatic carboxylic acids is 1. The molecule has 1 N–H and O–H groups in total. The fourth-order valence-corrected chi connectivity index (χ4v) is 4.93. The molecule has 2 rings (SSSR count). The van der Waals surface area contributed by atoms with Crippen LogP contribution in [0.2, 0.25) is 0 Å². The Morgan fingerprint density at radius 1 is 1.00 bits per heavy atom. The van der Waals surface area contributed by atoms with Crippen LogP contribution in [0.3, 0.4) is 0 Å². The van der Waals surface area contributed by atoms with Gasteiger partial charge in [-0.1, -0.05) is 26.0 Å². The van der Waals surface area contributed by atoms with Gasteiger partial charge in [-0.25, -0.2) is 13.2 Å². The van der Waals surface area contributed by atoms with Crippen molar-refractivity contribution in [1.29, 1.82) is 0 Å². The zero-order valence-electron chi connectivity index (χ0n) is 19.7. The Morgan fingerprint density at radius 2 is 1.55 bits per heavy atom. The van der Waals surface area contributed by atoms with Gasteiger partial charge < -0.3 is 14.6 Å². The Labute approximate surface area is 195 Å². The number of benzene rings is 2. The van der Waals surface area contributed by atoms with E-state index >= 15 is 0 Å². The number of esters is 1. The third-order valence-corrected chi connectivity index (χ3v) is 6.64. The largest absolute Gasteiger partial charge is 0.497 e. The highest BCUT2D eigenvalue weighted by molar-refractivity contribution is 7.89. The second-order valence-corrected chi connectivity index (χ2v) is 10.8. The zero-order chi connectivity index (χ0) is 25.0. The smallest absolute Gasteiger partial charge is 0.335 e. The number of hydrogen-bond acceptors (Lipinski definition) is 6. The van der Waals surface area contributed by atoms with Crippen molar-refractivity contribution in [3.05, 3.63) is 59.7 Å². The molecule has 0 radical (unpaired) electrons. The summed E-state index contributed by atoms with van der Waals surface area (Å²) in [5.41, 5.74) is -0.190. The Bertz CT molecular complexity index is 1070. The summed E-state index contributed by atoms with van der Waals surface area (Å²) in [7, 11) is -2.65. The van der Waals surface area contributed by atoms with Crippen LogP contribution < -0.4 is 4.74 Å². The van der Waals surface area contributed by atoms with Gasteiger partial charge in [-0.2, -0.15) is 4.31 Å². The van der Waals surface area contributed by atoms with Gasteiger partial charge in [0.1, 0.15) is 17.4 Å². The van der Waals surface area contributed by atoms with Crippen molar-refractivity contribution in [2.24, 2.45) is 5.92 Å². The number of carboxylic acid groups (broad SMARTS) is 1. The highest BCUT2D eigenvalue weighted by atomic mass is 32.2. The standard InChI is InChI=1S/C24H31NO7S/c1-16(2)21(23(28)32-24(3,4)5)25(15-17-7-9-18(10-8-17)22(26)27)33(29,30)20-13-11-19(31-6)12-14-20/h7-14,16,21H,15H2,1-6H3,(H,26,27). The minimum atomic E-state index is -4.13. The molecule has 33 heavy (non-hydrogen) atoms. The Morgan fingerprint density at radius 3 is 1.97 bits per heavy atom. The molecule has 0 heterocycles. The number of methoxy groups -OCH3 is 1. The Balaban J connectivity index is 2.57. The van der Waals surface area contributed by atoms with E-state index in [0.717, 1.165) is 4.31 Å². The first-order valence-electron chi connectivity index (χ1n) is 10.5. The third kappa shape index (κ3) is 6.79. The van der Waals surface area contributed by atoms with E-state index in [1.165, 1.54) is 55.6 Å². The summed E-state index contributed by atoms with van der Waals surface area (Å²) in [5, 5.41) is 9.14. The molecular weight excluding hydrogens is 446 g/mol. The average molecular weight is 478 g/mol. The van der Waals surface area contributed by atoms with E-state index < -0.39 is 39.5 Å². The van der Waals surface area contributed by atoms with Gasteiger partial charge in [-0.3, -0.25) is 4.79 Å². The van der Waals surface area contributed by atoms with Crippen molar-refractivity contribution in [2.45, 2.75) is 57.7 Å². The first-order valence-corrected chi connectivity index (χ1v) is 11.9. The van der Waals surface area contributed by atoms with Crippen LogP contribution in [0.25, 0.3) is 0 Å². The monoisotopic (exact) mass is 477 g/mol. The molecule has 0 aliphatic heterocycles. The fourth-order valence-electron chi connectivity index (χ4n) is 3.23. The van der Waals surface area contributed by atoms with Gasteiger partial charge in [-0.15, -0.1) is 0 Å².